The minimum Gasteiger partial charge on any atom is -0.380 e. The highest BCUT2D eigenvalue weighted by atomic mass is 16.1. The molecule has 0 saturated carbocycles. The summed E-state index contributed by atoms with van der Waals surface area (Å²) in [6.45, 7) is 5.21. The number of aromatic nitrogens is 1. The van der Waals surface area contributed by atoms with Crippen molar-refractivity contribution in [3.63, 3.8) is 0 Å². The zero-order valence-corrected chi connectivity index (χ0v) is 14.7. The van der Waals surface area contributed by atoms with E-state index in [1.165, 1.54) is 16.6 Å². The zero-order chi connectivity index (χ0) is 17.4. The van der Waals surface area contributed by atoms with Crippen molar-refractivity contribution in [2.24, 2.45) is 0 Å². The number of para-hydroxylation sites is 2. The highest BCUT2D eigenvalue weighted by Gasteiger charge is 2.22. The van der Waals surface area contributed by atoms with E-state index in [1.54, 1.807) is 0 Å². The van der Waals surface area contributed by atoms with Crippen LogP contribution >= 0.6 is 0 Å². The van der Waals surface area contributed by atoms with Crippen molar-refractivity contribution < 1.29 is 4.79 Å². The van der Waals surface area contributed by atoms with Crippen LogP contribution in [0.25, 0.3) is 22.2 Å². The molecule has 128 valence electrons. The minimum absolute atomic E-state index is 0.0602. The van der Waals surface area contributed by atoms with Crippen molar-refractivity contribution in [3.8, 4) is 11.3 Å². The lowest BCUT2D eigenvalue weighted by Crippen LogP contribution is -2.19. The van der Waals surface area contributed by atoms with E-state index >= 15 is 0 Å². The number of benzene rings is 2. The standard InChI is InChI=1S/C21H23N3O/c1-3-11-24-18-10-5-4-7-15(18)13-19(24)16-8-6-9-17-21(16)22-14(2)12-20(25)23-17/h4-10,13-14,22H,3,11-12H2,1-2H3,(H,23,25). The predicted molar refractivity (Wildman–Crippen MR) is 104 cm³/mol. The first-order valence-corrected chi connectivity index (χ1v) is 8.95. The average molecular weight is 333 g/mol. The smallest absolute Gasteiger partial charge is 0.226 e. The first-order valence-electron chi connectivity index (χ1n) is 8.95. The summed E-state index contributed by atoms with van der Waals surface area (Å²) in [5.74, 6) is 0.0602. The molecule has 0 radical (unpaired) electrons. The normalized spacial score (nSPS) is 16.9. The summed E-state index contributed by atoms with van der Waals surface area (Å²) < 4.78 is 2.38. The Hall–Kier alpha value is -2.75. The maximum Gasteiger partial charge on any atom is 0.226 e. The first kappa shape index (κ1) is 15.8. The van der Waals surface area contributed by atoms with Crippen LogP contribution in [-0.2, 0) is 11.3 Å². The SMILES string of the molecule is CCCn1c(-c2cccc3c2NC(C)CC(=O)N3)cc2ccccc21. The first-order chi connectivity index (χ1) is 12.2. The molecule has 1 unspecified atom stereocenters. The van der Waals surface area contributed by atoms with Crippen molar-refractivity contribution in [2.75, 3.05) is 10.6 Å². The number of rotatable bonds is 3. The van der Waals surface area contributed by atoms with E-state index in [9.17, 15) is 4.79 Å². The summed E-state index contributed by atoms with van der Waals surface area (Å²) in [6, 6.07) is 17.0. The van der Waals surface area contributed by atoms with Gasteiger partial charge in [0.25, 0.3) is 0 Å². The van der Waals surface area contributed by atoms with Crippen LogP contribution in [0, 0.1) is 0 Å². The van der Waals surface area contributed by atoms with Gasteiger partial charge < -0.3 is 15.2 Å². The Labute approximate surface area is 147 Å². The summed E-state index contributed by atoms with van der Waals surface area (Å²) in [5.41, 5.74) is 5.45. The highest BCUT2D eigenvalue weighted by Crippen LogP contribution is 2.39. The van der Waals surface area contributed by atoms with Gasteiger partial charge in [0.05, 0.1) is 17.1 Å². The van der Waals surface area contributed by atoms with E-state index in [0.717, 1.165) is 29.9 Å². The maximum absolute atomic E-state index is 12.1. The van der Waals surface area contributed by atoms with Gasteiger partial charge in [-0.15, -0.1) is 0 Å². The van der Waals surface area contributed by atoms with Crippen molar-refractivity contribution in [1.29, 1.82) is 0 Å². The summed E-state index contributed by atoms with van der Waals surface area (Å²) in [5, 5.41) is 7.82. The third kappa shape index (κ3) is 2.78. The number of fused-ring (bicyclic) bond motifs is 2. The van der Waals surface area contributed by atoms with E-state index in [4.69, 9.17) is 0 Å². The van der Waals surface area contributed by atoms with Gasteiger partial charge in [-0.25, -0.2) is 0 Å². The number of anilines is 2. The van der Waals surface area contributed by atoms with E-state index in [1.807, 2.05) is 19.1 Å². The topological polar surface area (TPSA) is 46.1 Å². The molecule has 3 aromatic rings. The van der Waals surface area contributed by atoms with Crippen LogP contribution < -0.4 is 10.6 Å². The van der Waals surface area contributed by atoms with Gasteiger partial charge in [0.2, 0.25) is 5.91 Å². The van der Waals surface area contributed by atoms with Gasteiger partial charge >= 0.3 is 0 Å². The van der Waals surface area contributed by atoms with Gasteiger partial charge in [0, 0.05) is 35.5 Å². The molecule has 4 nitrogen and oxygen atoms in total. The number of carbonyl (C=O) groups excluding carboxylic acids is 1. The molecule has 1 aliphatic heterocycles. The molecule has 0 saturated heterocycles. The second kappa shape index (κ2) is 6.28. The molecular weight excluding hydrogens is 310 g/mol. The lowest BCUT2D eigenvalue weighted by atomic mass is 10.1. The molecule has 25 heavy (non-hydrogen) atoms. The number of nitrogens with zero attached hydrogens (tertiary/aromatic N) is 1. The van der Waals surface area contributed by atoms with Crippen molar-refractivity contribution in [1.82, 2.24) is 4.57 Å². The van der Waals surface area contributed by atoms with E-state index in [0.29, 0.717) is 6.42 Å². The van der Waals surface area contributed by atoms with Crippen LogP contribution in [0.3, 0.4) is 0 Å². The van der Waals surface area contributed by atoms with Gasteiger partial charge in [0.15, 0.2) is 0 Å². The predicted octanol–water partition coefficient (Wildman–Crippen LogP) is 4.86. The summed E-state index contributed by atoms with van der Waals surface area (Å²) in [6.07, 6.45) is 1.55. The molecule has 0 bridgehead atoms. The van der Waals surface area contributed by atoms with Crippen molar-refractivity contribution in [2.45, 2.75) is 39.3 Å². The van der Waals surface area contributed by atoms with Crippen LogP contribution in [0.2, 0.25) is 0 Å². The number of aryl methyl sites for hydroxylation is 1. The molecule has 1 amide bonds. The molecule has 4 heteroatoms. The van der Waals surface area contributed by atoms with Crippen molar-refractivity contribution >= 4 is 28.2 Å². The molecule has 4 rings (SSSR count). The zero-order valence-electron chi connectivity index (χ0n) is 14.7. The van der Waals surface area contributed by atoms with Gasteiger partial charge in [-0.3, -0.25) is 4.79 Å². The Morgan fingerprint density at radius 1 is 1.16 bits per heavy atom. The number of carbonyl (C=O) groups is 1. The Balaban J connectivity index is 1.94. The molecule has 1 atom stereocenters. The van der Waals surface area contributed by atoms with Crippen LogP contribution in [0.15, 0.2) is 48.5 Å². The van der Waals surface area contributed by atoms with Gasteiger partial charge in [-0.1, -0.05) is 37.3 Å². The third-order valence-corrected chi connectivity index (χ3v) is 4.75. The number of nitrogens with one attached hydrogen (secondary N) is 2. The van der Waals surface area contributed by atoms with E-state index < -0.39 is 0 Å². The quantitative estimate of drug-likeness (QED) is 0.719. The Bertz CT molecular complexity index is 941. The lowest BCUT2D eigenvalue weighted by molar-refractivity contribution is -0.116. The fourth-order valence-electron chi connectivity index (χ4n) is 3.70. The molecular formula is C21H23N3O. The van der Waals surface area contributed by atoms with Gasteiger partial charge in [-0.2, -0.15) is 0 Å². The molecule has 0 aliphatic carbocycles. The monoisotopic (exact) mass is 333 g/mol. The maximum atomic E-state index is 12.1. The van der Waals surface area contributed by atoms with Crippen molar-refractivity contribution in [3.05, 3.63) is 48.5 Å². The Morgan fingerprint density at radius 2 is 2.00 bits per heavy atom. The number of hydrogen-bond acceptors (Lipinski definition) is 2. The Morgan fingerprint density at radius 3 is 2.84 bits per heavy atom. The Kier molecular flexibility index (Phi) is 3.96. The fraction of sp³-hybridized carbons (Fsp3) is 0.286. The molecule has 2 N–H and O–H groups in total. The molecule has 2 aromatic carbocycles. The summed E-state index contributed by atoms with van der Waals surface area (Å²) in [7, 11) is 0. The third-order valence-electron chi connectivity index (χ3n) is 4.75. The number of hydrogen-bond donors (Lipinski definition) is 2. The van der Waals surface area contributed by atoms with Crippen LogP contribution in [-0.4, -0.2) is 16.5 Å². The highest BCUT2D eigenvalue weighted by molar-refractivity contribution is 6.01. The second-order valence-electron chi connectivity index (χ2n) is 6.77. The van der Waals surface area contributed by atoms with Crippen LogP contribution in [0.1, 0.15) is 26.7 Å². The van der Waals surface area contributed by atoms with Crippen LogP contribution in [0.5, 0.6) is 0 Å². The molecule has 0 fully saturated rings. The summed E-state index contributed by atoms with van der Waals surface area (Å²) >= 11 is 0. The molecule has 1 aliphatic rings. The summed E-state index contributed by atoms with van der Waals surface area (Å²) in [4.78, 5) is 12.1. The van der Waals surface area contributed by atoms with E-state index in [2.05, 4.69) is 58.5 Å². The average Bonchev–Trinajstić information content (AvgIpc) is 2.87. The van der Waals surface area contributed by atoms with E-state index in [-0.39, 0.29) is 11.9 Å². The molecule has 1 aromatic heterocycles. The largest absolute Gasteiger partial charge is 0.380 e. The van der Waals surface area contributed by atoms with Gasteiger partial charge in [0.1, 0.15) is 0 Å². The minimum atomic E-state index is 0.0602. The second-order valence-corrected chi connectivity index (χ2v) is 6.77. The van der Waals surface area contributed by atoms with Gasteiger partial charge in [-0.05, 0) is 31.5 Å². The molecule has 0 spiro atoms. The molecule has 2 heterocycles. The number of amides is 1. The lowest BCUT2D eigenvalue weighted by Gasteiger charge is -2.18. The fourth-order valence-corrected chi connectivity index (χ4v) is 3.70. The van der Waals surface area contributed by atoms with Crippen LogP contribution in [0.4, 0.5) is 11.4 Å².